The standard InChI is InChI=1S/C6H15O2PS2/c1-3-4-6(2)5-8-9(7,10)11/h6H,3-5H2,1-2H3,(H2,7,10,11). The first-order valence-corrected chi connectivity index (χ1v) is 7.48. The van der Waals surface area contributed by atoms with Crippen LogP contribution in [0.15, 0.2) is 0 Å². The molecule has 0 fully saturated rings. The molecular formula is C6H15O2PS2. The second-order valence-electron chi connectivity index (χ2n) is 2.68. The minimum atomic E-state index is -2.72. The third kappa shape index (κ3) is 8.83. The topological polar surface area (TPSA) is 29.5 Å². The van der Waals surface area contributed by atoms with E-state index in [2.05, 4.69) is 37.9 Å². The molecule has 0 aromatic rings. The van der Waals surface area contributed by atoms with E-state index in [1.54, 1.807) is 0 Å². The molecule has 0 aliphatic heterocycles. The minimum absolute atomic E-state index is 0.460. The lowest BCUT2D eigenvalue weighted by Gasteiger charge is -2.13. The van der Waals surface area contributed by atoms with Crippen molar-refractivity contribution in [3.05, 3.63) is 0 Å². The Labute approximate surface area is 78.7 Å². The summed E-state index contributed by atoms with van der Waals surface area (Å²) in [5.74, 6) is 0.460. The van der Waals surface area contributed by atoms with E-state index >= 15 is 0 Å². The molecule has 0 aliphatic carbocycles. The highest BCUT2D eigenvalue weighted by Crippen LogP contribution is 2.47. The molecule has 0 saturated carbocycles. The maximum atomic E-state index is 9.00. The summed E-state index contributed by atoms with van der Waals surface area (Å²) in [4.78, 5) is 9.00. The van der Waals surface area contributed by atoms with E-state index in [1.807, 2.05) is 0 Å². The van der Waals surface area contributed by atoms with Gasteiger partial charge < -0.3 is 9.42 Å². The summed E-state index contributed by atoms with van der Waals surface area (Å²) in [5, 5.41) is 0. The van der Waals surface area contributed by atoms with Crippen LogP contribution in [0.25, 0.3) is 0 Å². The summed E-state index contributed by atoms with van der Waals surface area (Å²) < 4.78 is 4.99. The zero-order chi connectivity index (χ0) is 8.91. The van der Waals surface area contributed by atoms with E-state index in [4.69, 9.17) is 9.42 Å². The first-order chi connectivity index (χ1) is 4.95. The highest BCUT2D eigenvalue weighted by atomic mass is 32.9. The van der Waals surface area contributed by atoms with E-state index in [-0.39, 0.29) is 0 Å². The van der Waals surface area contributed by atoms with Gasteiger partial charge in [-0.15, -0.1) is 0 Å². The molecule has 68 valence electrons. The van der Waals surface area contributed by atoms with E-state index in [9.17, 15) is 0 Å². The van der Waals surface area contributed by atoms with Crippen molar-refractivity contribution in [1.29, 1.82) is 0 Å². The van der Waals surface area contributed by atoms with Crippen LogP contribution in [0.2, 0.25) is 0 Å². The molecule has 5 heteroatoms. The van der Waals surface area contributed by atoms with Crippen LogP contribution < -0.4 is 0 Å². The van der Waals surface area contributed by atoms with Crippen molar-refractivity contribution in [2.45, 2.75) is 26.7 Å². The molecule has 0 aromatic heterocycles. The molecule has 0 rings (SSSR count). The summed E-state index contributed by atoms with van der Waals surface area (Å²) >= 11 is 8.35. The van der Waals surface area contributed by atoms with Gasteiger partial charge in [0.15, 0.2) is 0 Å². The maximum absolute atomic E-state index is 9.00. The van der Waals surface area contributed by atoms with Crippen molar-refractivity contribution < 1.29 is 9.42 Å². The highest BCUT2D eigenvalue weighted by molar-refractivity contribution is 8.59. The highest BCUT2D eigenvalue weighted by Gasteiger charge is 2.08. The Balaban J connectivity index is 3.46. The largest absolute Gasteiger partial charge is 0.338 e. The van der Waals surface area contributed by atoms with Crippen molar-refractivity contribution in [3.8, 4) is 0 Å². The molecule has 0 bridgehead atoms. The van der Waals surface area contributed by atoms with Gasteiger partial charge in [-0.3, -0.25) is 0 Å². The van der Waals surface area contributed by atoms with Crippen molar-refractivity contribution in [3.63, 3.8) is 0 Å². The summed E-state index contributed by atoms with van der Waals surface area (Å²) in [6.45, 7) is 4.71. The number of hydrogen-bond acceptors (Lipinski definition) is 2. The van der Waals surface area contributed by atoms with Gasteiger partial charge >= 0.3 is 0 Å². The Kier molecular flexibility index (Phi) is 6.01. The van der Waals surface area contributed by atoms with E-state index in [0.717, 1.165) is 12.8 Å². The molecule has 2 nitrogen and oxygen atoms in total. The predicted molar refractivity (Wildman–Crippen MR) is 55.5 cm³/mol. The Bertz CT molecular complexity index is 146. The summed E-state index contributed by atoms with van der Waals surface area (Å²) in [6.07, 6.45) is 2.23. The number of rotatable bonds is 5. The summed E-state index contributed by atoms with van der Waals surface area (Å²) in [5.41, 5.74) is -2.72. The predicted octanol–water partition coefficient (Wildman–Crippen LogP) is 2.59. The van der Waals surface area contributed by atoms with Gasteiger partial charge in [-0.1, -0.05) is 32.5 Å². The lowest BCUT2D eigenvalue weighted by Crippen LogP contribution is -2.02. The van der Waals surface area contributed by atoms with Gasteiger partial charge in [0.25, 0.3) is 0 Å². The van der Waals surface area contributed by atoms with E-state index < -0.39 is 5.69 Å². The molecular weight excluding hydrogens is 199 g/mol. The summed E-state index contributed by atoms with van der Waals surface area (Å²) in [7, 11) is 0. The molecule has 0 amide bonds. The van der Waals surface area contributed by atoms with Crippen molar-refractivity contribution in [2.75, 3.05) is 6.61 Å². The molecule has 11 heavy (non-hydrogen) atoms. The first-order valence-electron chi connectivity index (χ1n) is 3.65. The minimum Gasteiger partial charge on any atom is -0.338 e. The Hall–Kier alpha value is 0.920. The summed E-state index contributed by atoms with van der Waals surface area (Å²) in [6, 6.07) is 0. The Morgan fingerprint density at radius 2 is 2.27 bits per heavy atom. The van der Waals surface area contributed by atoms with Gasteiger partial charge in [0.05, 0.1) is 6.61 Å². The number of thiol groups is 1. The van der Waals surface area contributed by atoms with Crippen LogP contribution in [0.1, 0.15) is 26.7 Å². The second-order valence-corrected chi connectivity index (χ2v) is 7.84. The second kappa shape index (κ2) is 5.55. The van der Waals surface area contributed by atoms with Crippen LogP contribution in [0.4, 0.5) is 0 Å². The van der Waals surface area contributed by atoms with E-state index in [1.165, 1.54) is 0 Å². The van der Waals surface area contributed by atoms with Crippen LogP contribution in [0.5, 0.6) is 0 Å². The maximum Gasteiger partial charge on any atom is 0.241 e. The van der Waals surface area contributed by atoms with Crippen molar-refractivity contribution >= 4 is 29.7 Å². The van der Waals surface area contributed by atoms with E-state index in [0.29, 0.717) is 12.5 Å². The number of hydrogen-bond donors (Lipinski definition) is 2. The average Bonchev–Trinajstić information content (AvgIpc) is 1.83. The molecule has 1 N–H and O–H groups in total. The van der Waals surface area contributed by atoms with Gasteiger partial charge in [-0.05, 0) is 24.1 Å². The lowest BCUT2D eigenvalue weighted by molar-refractivity contribution is 0.256. The van der Waals surface area contributed by atoms with Crippen molar-refractivity contribution in [2.24, 2.45) is 5.92 Å². The third-order valence-corrected chi connectivity index (χ3v) is 2.46. The van der Waals surface area contributed by atoms with Gasteiger partial charge in [0.2, 0.25) is 5.69 Å². The molecule has 0 aromatic carbocycles. The van der Waals surface area contributed by atoms with Crippen LogP contribution in [0, 0.1) is 5.92 Å². The van der Waals surface area contributed by atoms with Gasteiger partial charge in [-0.25, -0.2) is 0 Å². The molecule has 0 aliphatic rings. The quantitative estimate of drug-likeness (QED) is 0.544. The SMILES string of the molecule is CCCC(C)COP(O)(=S)S. The molecule has 2 atom stereocenters. The van der Waals surface area contributed by atoms with Gasteiger partial charge in [0, 0.05) is 0 Å². The Morgan fingerprint density at radius 3 is 2.64 bits per heavy atom. The normalized spacial score (nSPS) is 19.3. The first kappa shape index (κ1) is 11.9. The Morgan fingerprint density at radius 1 is 1.73 bits per heavy atom. The monoisotopic (exact) mass is 214 g/mol. The van der Waals surface area contributed by atoms with Crippen LogP contribution >= 0.6 is 17.9 Å². The average molecular weight is 214 g/mol. The molecule has 0 heterocycles. The fourth-order valence-electron chi connectivity index (χ4n) is 0.800. The fourth-order valence-corrected chi connectivity index (χ4v) is 1.63. The molecule has 0 spiro atoms. The van der Waals surface area contributed by atoms with Crippen molar-refractivity contribution in [1.82, 2.24) is 0 Å². The van der Waals surface area contributed by atoms with Gasteiger partial charge in [0.1, 0.15) is 0 Å². The molecule has 0 saturated heterocycles. The molecule has 2 unspecified atom stereocenters. The lowest BCUT2D eigenvalue weighted by atomic mass is 10.1. The van der Waals surface area contributed by atoms with Gasteiger partial charge in [-0.2, -0.15) is 0 Å². The third-order valence-electron chi connectivity index (χ3n) is 1.31. The van der Waals surface area contributed by atoms with Crippen LogP contribution in [0.3, 0.4) is 0 Å². The van der Waals surface area contributed by atoms with Crippen LogP contribution in [-0.4, -0.2) is 11.5 Å². The smallest absolute Gasteiger partial charge is 0.241 e. The fraction of sp³-hybridized carbons (Fsp3) is 1.00. The molecule has 0 radical (unpaired) electrons. The van der Waals surface area contributed by atoms with Crippen LogP contribution in [-0.2, 0) is 16.3 Å². The zero-order valence-electron chi connectivity index (χ0n) is 6.86. The zero-order valence-corrected chi connectivity index (χ0v) is 9.46.